The molecule has 0 saturated heterocycles. The molecule has 1 N–H and O–H groups in total. The van der Waals surface area contributed by atoms with Gasteiger partial charge in [-0.05, 0) is 32.4 Å². The molecule has 2 heteroatoms. The van der Waals surface area contributed by atoms with E-state index in [2.05, 4.69) is 31.1 Å². The number of likely N-dealkylation sites (N-methyl/N-ethyl adjacent to an activating group) is 1. The zero-order valence-electron chi connectivity index (χ0n) is 10.8. The van der Waals surface area contributed by atoms with Crippen molar-refractivity contribution in [1.82, 2.24) is 10.2 Å². The molecule has 2 unspecified atom stereocenters. The van der Waals surface area contributed by atoms with Gasteiger partial charge in [0.2, 0.25) is 0 Å². The molecule has 1 fully saturated rings. The second kappa shape index (κ2) is 7.24. The van der Waals surface area contributed by atoms with Crippen LogP contribution in [0.1, 0.15) is 46.0 Å². The SMILES string of the molecule is CCC1CCCCC1NCCN(C)CC. The van der Waals surface area contributed by atoms with Crippen molar-refractivity contribution in [2.45, 2.75) is 52.0 Å². The Morgan fingerprint density at radius 1 is 1.20 bits per heavy atom. The van der Waals surface area contributed by atoms with Crippen molar-refractivity contribution in [2.24, 2.45) is 5.92 Å². The largest absolute Gasteiger partial charge is 0.312 e. The summed E-state index contributed by atoms with van der Waals surface area (Å²) in [5.74, 6) is 0.936. The van der Waals surface area contributed by atoms with E-state index in [0.29, 0.717) is 0 Å². The van der Waals surface area contributed by atoms with E-state index >= 15 is 0 Å². The quantitative estimate of drug-likeness (QED) is 0.728. The van der Waals surface area contributed by atoms with Crippen LogP contribution in [0.25, 0.3) is 0 Å². The summed E-state index contributed by atoms with van der Waals surface area (Å²) in [6.45, 7) is 8.05. The van der Waals surface area contributed by atoms with Gasteiger partial charge in [-0.25, -0.2) is 0 Å². The first kappa shape index (κ1) is 13.0. The van der Waals surface area contributed by atoms with Crippen LogP contribution in [0.15, 0.2) is 0 Å². The lowest BCUT2D eigenvalue weighted by Gasteiger charge is -2.32. The Labute approximate surface area is 95.4 Å². The maximum Gasteiger partial charge on any atom is 0.0104 e. The van der Waals surface area contributed by atoms with Gasteiger partial charge in [0.05, 0.1) is 0 Å². The summed E-state index contributed by atoms with van der Waals surface area (Å²) >= 11 is 0. The predicted octanol–water partition coefficient (Wildman–Crippen LogP) is 2.50. The zero-order valence-corrected chi connectivity index (χ0v) is 10.8. The fourth-order valence-corrected chi connectivity index (χ4v) is 2.56. The first-order valence-electron chi connectivity index (χ1n) is 6.69. The van der Waals surface area contributed by atoms with Crippen molar-refractivity contribution in [1.29, 1.82) is 0 Å². The van der Waals surface area contributed by atoms with Crippen LogP contribution in [-0.2, 0) is 0 Å². The van der Waals surface area contributed by atoms with Crippen LogP contribution < -0.4 is 5.32 Å². The third-order valence-electron chi connectivity index (χ3n) is 3.87. The van der Waals surface area contributed by atoms with Crippen LogP contribution in [0.3, 0.4) is 0 Å². The molecule has 0 aromatic heterocycles. The molecule has 2 nitrogen and oxygen atoms in total. The van der Waals surface area contributed by atoms with Gasteiger partial charge in [-0.1, -0.05) is 33.1 Å². The third kappa shape index (κ3) is 4.52. The highest BCUT2D eigenvalue weighted by molar-refractivity contribution is 4.80. The Balaban J connectivity index is 2.17. The summed E-state index contributed by atoms with van der Waals surface area (Å²) in [4.78, 5) is 2.37. The minimum atomic E-state index is 0.800. The van der Waals surface area contributed by atoms with E-state index in [1.54, 1.807) is 0 Å². The molecule has 0 heterocycles. The smallest absolute Gasteiger partial charge is 0.0104 e. The fourth-order valence-electron chi connectivity index (χ4n) is 2.56. The van der Waals surface area contributed by atoms with Gasteiger partial charge in [0.25, 0.3) is 0 Å². The van der Waals surface area contributed by atoms with Gasteiger partial charge >= 0.3 is 0 Å². The van der Waals surface area contributed by atoms with Crippen molar-refractivity contribution < 1.29 is 0 Å². The van der Waals surface area contributed by atoms with Gasteiger partial charge < -0.3 is 10.2 Å². The minimum Gasteiger partial charge on any atom is -0.312 e. The van der Waals surface area contributed by atoms with Crippen LogP contribution in [0.5, 0.6) is 0 Å². The molecule has 0 aromatic rings. The van der Waals surface area contributed by atoms with Gasteiger partial charge in [-0.2, -0.15) is 0 Å². The molecule has 0 spiro atoms. The Bertz CT molecular complexity index is 159. The fraction of sp³-hybridized carbons (Fsp3) is 1.00. The van der Waals surface area contributed by atoms with E-state index in [1.807, 2.05) is 0 Å². The van der Waals surface area contributed by atoms with Crippen molar-refractivity contribution in [2.75, 3.05) is 26.7 Å². The van der Waals surface area contributed by atoms with Gasteiger partial charge in [0.1, 0.15) is 0 Å². The molecular formula is C13H28N2. The highest BCUT2D eigenvalue weighted by Gasteiger charge is 2.22. The van der Waals surface area contributed by atoms with E-state index in [1.165, 1.54) is 38.6 Å². The van der Waals surface area contributed by atoms with Crippen molar-refractivity contribution >= 4 is 0 Å². The molecular weight excluding hydrogens is 184 g/mol. The first-order valence-corrected chi connectivity index (χ1v) is 6.69. The molecule has 0 bridgehead atoms. The summed E-state index contributed by atoms with van der Waals surface area (Å²) in [7, 11) is 2.19. The summed E-state index contributed by atoms with van der Waals surface area (Å²) in [5, 5.41) is 3.75. The number of rotatable bonds is 6. The first-order chi connectivity index (χ1) is 7.27. The Morgan fingerprint density at radius 3 is 2.60 bits per heavy atom. The van der Waals surface area contributed by atoms with E-state index in [9.17, 15) is 0 Å². The second-order valence-electron chi connectivity index (χ2n) is 4.91. The molecule has 0 radical (unpaired) electrons. The van der Waals surface area contributed by atoms with Crippen LogP contribution in [0.4, 0.5) is 0 Å². The number of hydrogen-bond donors (Lipinski definition) is 1. The highest BCUT2D eigenvalue weighted by Crippen LogP contribution is 2.26. The van der Waals surface area contributed by atoms with Crippen molar-refractivity contribution in [3.05, 3.63) is 0 Å². The van der Waals surface area contributed by atoms with Gasteiger partial charge in [0.15, 0.2) is 0 Å². The molecule has 1 aliphatic carbocycles. The average Bonchev–Trinajstić information content (AvgIpc) is 2.29. The lowest BCUT2D eigenvalue weighted by atomic mass is 9.83. The normalized spacial score (nSPS) is 27.2. The minimum absolute atomic E-state index is 0.800. The Hall–Kier alpha value is -0.0800. The average molecular weight is 212 g/mol. The van der Waals surface area contributed by atoms with Gasteiger partial charge in [-0.15, -0.1) is 0 Å². The summed E-state index contributed by atoms with van der Waals surface area (Å²) in [5.41, 5.74) is 0. The molecule has 1 saturated carbocycles. The standard InChI is InChI=1S/C13H28N2/c1-4-12-8-6-7-9-13(12)14-10-11-15(3)5-2/h12-14H,4-11H2,1-3H3. The van der Waals surface area contributed by atoms with Crippen LogP contribution in [0.2, 0.25) is 0 Å². The third-order valence-corrected chi connectivity index (χ3v) is 3.87. The monoisotopic (exact) mass is 212 g/mol. The van der Waals surface area contributed by atoms with Crippen LogP contribution >= 0.6 is 0 Å². The summed E-state index contributed by atoms with van der Waals surface area (Å²) < 4.78 is 0. The van der Waals surface area contributed by atoms with Crippen molar-refractivity contribution in [3.63, 3.8) is 0 Å². The Kier molecular flexibility index (Phi) is 6.26. The van der Waals surface area contributed by atoms with Crippen LogP contribution in [-0.4, -0.2) is 37.6 Å². The van der Waals surface area contributed by atoms with E-state index in [4.69, 9.17) is 0 Å². The van der Waals surface area contributed by atoms with E-state index in [0.717, 1.165) is 25.0 Å². The topological polar surface area (TPSA) is 15.3 Å². The number of hydrogen-bond acceptors (Lipinski definition) is 2. The maximum atomic E-state index is 3.75. The molecule has 1 aliphatic rings. The number of nitrogens with one attached hydrogen (secondary N) is 1. The van der Waals surface area contributed by atoms with E-state index < -0.39 is 0 Å². The zero-order chi connectivity index (χ0) is 11.1. The highest BCUT2D eigenvalue weighted by atomic mass is 15.1. The second-order valence-corrected chi connectivity index (χ2v) is 4.91. The lowest BCUT2D eigenvalue weighted by Crippen LogP contribution is -2.41. The molecule has 90 valence electrons. The van der Waals surface area contributed by atoms with Crippen LogP contribution in [0, 0.1) is 5.92 Å². The Morgan fingerprint density at radius 2 is 1.93 bits per heavy atom. The molecule has 1 rings (SSSR count). The lowest BCUT2D eigenvalue weighted by molar-refractivity contribution is 0.244. The molecule has 2 atom stereocenters. The maximum absolute atomic E-state index is 3.75. The molecule has 0 amide bonds. The summed E-state index contributed by atoms with van der Waals surface area (Å²) in [6, 6.07) is 0.800. The van der Waals surface area contributed by atoms with Gasteiger partial charge in [0, 0.05) is 19.1 Å². The van der Waals surface area contributed by atoms with Crippen molar-refractivity contribution in [3.8, 4) is 0 Å². The molecule has 0 aliphatic heterocycles. The predicted molar refractivity (Wildman–Crippen MR) is 67.2 cm³/mol. The number of nitrogens with zero attached hydrogens (tertiary/aromatic N) is 1. The van der Waals surface area contributed by atoms with Gasteiger partial charge in [-0.3, -0.25) is 0 Å². The van der Waals surface area contributed by atoms with E-state index in [-0.39, 0.29) is 0 Å². The molecule has 0 aromatic carbocycles. The summed E-state index contributed by atoms with van der Waals surface area (Å²) in [6.07, 6.45) is 7.07. The molecule has 15 heavy (non-hydrogen) atoms.